The molecule has 1 atom stereocenters. The summed E-state index contributed by atoms with van der Waals surface area (Å²) in [6.07, 6.45) is 0.276. The van der Waals surface area contributed by atoms with Crippen LogP contribution in [-0.2, 0) is 19.1 Å². The molecule has 0 spiro atoms. The Morgan fingerprint density at radius 1 is 1.28 bits per heavy atom. The number of rotatable bonds is 6. The van der Waals surface area contributed by atoms with Gasteiger partial charge in [0, 0.05) is 16.6 Å². The number of halogens is 3. The second kappa shape index (κ2) is 7.51. The first-order chi connectivity index (χ1) is 11.5. The first-order valence-corrected chi connectivity index (χ1v) is 8.98. The van der Waals surface area contributed by atoms with Crippen LogP contribution in [0.4, 0.5) is 5.69 Å². The number of anilines is 1. The van der Waals surface area contributed by atoms with Crippen LogP contribution in [0, 0.1) is 12.3 Å². The van der Waals surface area contributed by atoms with Crippen LogP contribution in [0.2, 0.25) is 0 Å². The molecule has 0 aliphatic heterocycles. The second-order valence-electron chi connectivity index (χ2n) is 6.07. The van der Waals surface area contributed by atoms with Crippen molar-refractivity contribution in [1.29, 1.82) is 0 Å². The summed E-state index contributed by atoms with van der Waals surface area (Å²) in [6.45, 7) is 2.69. The largest absolute Gasteiger partial charge is 0.455 e. The zero-order valence-electron chi connectivity index (χ0n) is 13.6. The Bertz CT molecular complexity index is 726. The van der Waals surface area contributed by atoms with Crippen LogP contribution in [0.1, 0.15) is 18.9 Å². The van der Waals surface area contributed by atoms with E-state index in [2.05, 4.69) is 26.6 Å². The third kappa shape index (κ3) is 4.86. The van der Waals surface area contributed by atoms with Crippen molar-refractivity contribution in [3.8, 4) is 0 Å². The van der Waals surface area contributed by atoms with E-state index in [0.717, 1.165) is 10.0 Å². The molecule has 0 heterocycles. The minimum Gasteiger partial charge on any atom is -0.455 e. The lowest BCUT2D eigenvalue weighted by atomic mass is 10.1. The highest BCUT2D eigenvalue weighted by Gasteiger charge is 2.69. The molecule has 1 aliphatic carbocycles. The van der Waals surface area contributed by atoms with Gasteiger partial charge in [-0.1, -0.05) is 15.9 Å². The van der Waals surface area contributed by atoms with Gasteiger partial charge in [0.1, 0.15) is 9.75 Å². The summed E-state index contributed by atoms with van der Waals surface area (Å²) in [5, 5.41) is 5.06. The van der Waals surface area contributed by atoms with Gasteiger partial charge in [-0.15, -0.1) is 23.2 Å². The third-order valence-electron chi connectivity index (χ3n) is 3.95. The molecule has 1 aromatic rings. The Kier molecular flexibility index (Phi) is 6.01. The van der Waals surface area contributed by atoms with E-state index in [-0.39, 0.29) is 18.9 Å². The van der Waals surface area contributed by atoms with E-state index in [1.807, 2.05) is 13.0 Å². The third-order valence-corrected chi connectivity index (χ3v) is 5.55. The highest BCUT2D eigenvalue weighted by molar-refractivity contribution is 9.10. The Morgan fingerprint density at radius 2 is 1.92 bits per heavy atom. The van der Waals surface area contributed by atoms with Gasteiger partial charge >= 0.3 is 5.97 Å². The molecule has 0 radical (unpaired) electrons. The summed E-state index contributed by atoms with van der Waals surface area (Å²) >= 11 is 15.1. The summed E-state index contributed by atoms with van der Waals surface area (Å²) in [6, 6.07) is 5.41. The van der Waals surface area contributed by atoms with Crippen molar-refractivity contribution in [2.24, 2.45) is 5.41 Å². The van der Waals surface area contributed by atoms with Crippen LogP contribution >= 0.6 is 39.1 Å². The number of nitrogens with one attached hydrogen (secondary N) is 2. The number of hydrogen-bond donors (Lipinski definition) is 2. The van der Waals surface area contributed by atoms with E-state index in [1.54, 1.807) is 19.1 Å². The molecule has 0 bridgehead atoms. The molecule has 6 nitrogen and oxygen atoms in total. The quantitative estimate of drug-likeness (QED) is 0.514. The maximum Gasteiger partial charge on any atom is 0.315 e. The molecule has 2 N–H and O–H groups in total. The summed E-state index contributed by atoms with van der Waals surface area (Å²) in [5.41, 5.74) is 0.537. The van der Waals surface area contributed by atoms with Gasteiger partial charge in [-0.3, -0.25) is 14.4 Å². The molecule has 1 aliphatic rings. The van der Waals surface area contributed by atoms with E-state index < -0.39 is 28.2 Å². The minimum absolute atomic E-state index is 0.238. The van der Waals surface area contributed by atoms with Gasteiger partial charge in [0.25, 0.3) is 5.91 Å². The molecule has 0 aromatic heterocycles. The predicted molar refractivity (Wildman–Crippen MR) is 98.6 cm³/mol. The van der Waals surface area contributed by atoms with Crippen LogP contribution in [0.5, 0.6) is 0 Å². The number of aryl methyl sites for hydroxylation is 1. The maximum absolute atomic E-state index is 11.9. The van der Waals surface area contributed by atoms with Gasteiger partial charge in [-0.25, -0.2) is 0 Å². The first kappa shape index (κ1) is 20.0. The molecule has 1 saturated carbocycles. The Labute approximate surface area is 163 Å². The number of carbonyl (C=O) groups excluding carboxylic acids is 3. The molecule has 9 heteroatoms. The van der Waals surface area contributed by atoms with Gasteiger partial charge < -0.3 is 15.4 Å². The van der Waals surface area contributed by atoms with Crippen LogP contribution in [0.3, 0.4) is 0 Å². The van der Waals surface area contributed by atoms with Crippen LogP contribution < -0.4 is 10.6 Å². The molecule has 25 heavy (non-hydrogen) atoms. The van der Waals surface area contributed by atoms with Crippen molar-refractivity contribution in [1.82, 2.24) is 5.32 Å². The molecule has 136 valence electrons. The average Bonchev–Trinajstić information content (AvgIpc) is 3.05. The highest BCUT2D eigenvalue weighted by atomic mass is 79.9. The number of carbonyl (C=O) groups is 3. The number of alkyl halides is 2. The van der Waals surface area contributed by atoms with Crippen molar-refractivity contribution in [2.75, 3.05) is 18.5 Å². The zero-order chi connectivity index (χ0) is 18.8. The predicted octanol–water partition coefficient (Wildman–Crippen LogP) is 2.94. The smallest absolute Gasteiger partial charge is 0.315 e. The van der Waals surface area contributed by atoms with Crippen LogP contribution in [0.15, 0.2) is 22.7 Å². The maximum atomic E-state index is 11.9. The number of hydrogen-bond acceptors (Lipinski definition) is 4. The van der Waals surface area contributed by atoms with Crippen molar-refractivity contribution >= 4 is 62.6 Å². The van der Waals surface area contributed by atoms with Crippen molar-refractivity contribution in [3.05, 3.63) is 28.2 Å². The molecule has 0 saturated heterocycles. The van der Waals surface area contributed by atoms with Crippen LogP contribution in [-0.4, -0.2) is 35.3 Å². The van der Waals surface area contributed by atoms with Gasteiger partial charge in [0.2, 0.25) is 5.91 Å². The van der Waals surface area contributed by atoms with Gasteiger partial charge in [-0.05, 0) is 37.6 Å². The standard InChI is InChI=1S/C16H17BrCl2N2O4/c1-9-5-10(17)3-4-11(9)21-12(22)6-20-13(23)7-25-14(24)15(2)8-16(15,18)19/h3-5H,6-8H2,1-2H3,(H,20,23)(H,21,22). The van der Waals surface area contributed by atoms with E-state index in [1.165, 1.54) is 0 Å². The molecule has 1 unspecified atom stereocenters. The molecule has 1 aromatic carbocycles. The van der Waals surface area contributed by atoms with Crippen molar-refractivity contribution in [2.45, 2.75) is 24.6 Å². The Hall–Kier alpha value is -1.31. The second-order valence-corrected chi connectivity index (χ2v) is 8.47. The number of esters is 1. The lowest BCUT2D eigenvalue weighted by molar-refractivity contribution is -0.153. The number of benzene rings is 1. The van der Waals surface area contributed by atoms with E-state index in [9.17, 15) is 14.4 Å². The number of ether oxygens (including phenoxy) is 1. The summed E-state index contributed by atoms with van der Waals surface area (Å²) in [4.78, 5) is 35.4. The molecule has 2 rings (SSSR count). The monoisotopic (exact) mass is 450 g/mol. The lowest BCUT2D eigenvalue weighted by Gasteiger charge is -2.12. The Balaban J connectivity index is 1.73. The molecule has 2 amide bonds. The zero-order valence-corrected chi connectivity index (χ0v) is 16.7. The van der Waals surface area contributed by atoms with E-state index >= 15 is 0 Å². The topological polar surface area (TPSA) is 84.5 Å². The van der Waals surface area contributed by atoms with Crippen molar-refractivity contribution in [3.63, 3.8) is 0 Å². The van der Waals surface area contributed by atoms with E-state index in [0.29, 0.717) is 5.69 Å². The van der Waals surface area contributed by atoms with Gasteiger partial charge in [-0.2, -0.15) is 0 Å². The molecular weight excluding hydrogens is 435 g/mol. The lowest BCUT2D eigenvalue weighted by Crippen LogP contribution is -2.36. The average molecular weight is 452 g/mol. The Morgan fingerprint density at radius 3 is 2.48 bits per heavy atom. The van der Waals surface area contributed by atoms with Crippen LogP contribution in [0.25, 0.3) is 0 Å². The van der Waals surface area contributed by atoms with Gasteiger partial charge in [0.05, 0.1) is 6.54 Å². The fourth-order valence-corrected chi connectivity index (χ4v) is 3.27. The summed E-state index contributed by atoms with van der Waals surface area (Å²) in [5.74, 6) is -1.61. The van der Waals surface area contributed by atoms with E-state index in [4.69, 9.17) is 27.9 Å². The fraction of sp³-hybridized carbons (Fsp3) is 0.438. The van der Waals surface area contributed by atoms with Crippen molar-refractivity contribution < 1.29 is 19.1 Å². The fourth-order valence-electron chi connectivity index (χ4n) is 2.10. The summed E-state index contributed by atoms with van der Waals surface area (Å²) in [7, 11) is 0. The molecular formula is C16H17BrCl2N2O4. The summed E-state index contributed by atoms with van der Waals surface area (Å²) < 4.78 is 4.65. The first-order valence-electron chi connectivity index (χ1n) is 7.43. The SMILES string of the molecule is Cc1cc(Br)ccc1NC(=O)CNC(=O)COC(=O)C1(C)CC1(Cl)Cl. The minimum atomic E-state index is -1.15. The number of amides is 2. The highest BCUT2D eigenvalue weighted by Crippen LogP contribution is 2.64. The van der Waals surface area contributed by atoms with Gasteiger partial charge in [0.15, 0.2) is 6.61 Å². The normalized spacial score (nSPS) is 20.5. The molecule has 1 fully saturated rings.